The molecule has 1 fully saturated rings. The van der Waals surface area contributed by atoms with Crippen molar-refractivity contribution in [3.8, 4) is 11.5 Å². The fourth-order valence-corrected chi connectivity index (χ4v) is 2.00. The van der Waals surface area contributed by atoms with Gasteiger partial charge in [0, 0.05) is 13.1 Å². The Bertz CT molecular complexity index is 433. The minimum atomic E-state index is -0.507. The number of aliphatic hydroxyl groups excluding tert-OH is 1. The molecule has 17 heavy (non-hydrogen) atoms. The molecular formula is C12H15NO4. The minimum absolute atomic E-state index is 0.0660. The number of amides is 1. The summed E-state index contributed by atoms with van der Waals surface area (Å²) < 4.78 is 0. The van der Waals surface area contributed by atoms with Gasteiger partial charge in [0.1, 0.15) is 11.5 Å². The summed E-state index contributed by atoms with van der Waals surface area (Å²) in [5.41, 5.74) is 0.0686. The number of benzene rings is 1. The van der Waals surface area contributed by atoms with Crippen molar-refractivity contribution in [1.29, 1.82) is 0 Å². The Morgan fingerprint density at radius 1 is 1.35 bits per heavy atom. The first-order chi connectivity index (χ1) is 8.08. The number of rotatable bonds is 1. The van der Waals surface area contributed by atoms with Crippen LogP contribution in [0.2, 0.25) is 0 Å². The molecule has 2 rings (SSSR count). The third-order valence-electron chi connectivity index (χ3n) is 2.89. The quantitative estimate of drug-likeness (QED) is 0.628. The highest BCUT2D eigenvalue weighted by Gasteiger charge is 2.24. The summed E-state index contributed by atoms with van der Waals surface area (Å²) in [4.78, 5) is 13.6. The molecule has 0 aromatic heterocycles. The molecule has 5 heteroatoms. The standard InChI is InChI=1S/C12H15NO4/c14-8-3-4-11(16)10(6-8)12(17)13-5-1-2-9(15)7-13/h3-4,6,9,14-16H,1-2,5,7H2. The molecule has 1 aromatic rings. The van der Waals surface area contributed by atoms with Crippen LogP contribution in [0.15, 0.2) is 18.2 Å². The lowest BCUT2D eigenvalue weighted by Gasteiger charge is -2.30. The highest BCUT2D eigenvalue weighted by molar-refractivity contribution is 5.97. The average Bonchev–Trinajstić information content (AvgIpc) is 2.31. The molecule has 0 spiro atoms. The second-order valence-corrected chi connectivity index (χ2v) is 4.25. The van der Waals surface area contributed by atoms with Crippen molar-refractivity contribution in [2.45, 2.75) is 18.9 Å². The van der Waals surface area contributed by atoms with E-state index in [1.165, 1.54) is 23.1 Å². The van der Waals surface area contributed by atoms with Crippen molar-refractivity contribution >= 4 is 5.91 Å². The van der Waals surface area contributed by atoms with Gasteiger partial charge in [-0.2, -0.15) is 0 Å². The summed E-state index contributed by atoms with van der Waals surface area (Å²) >= 11 is 0. The maximum absolute atomic E-state index is 12.1. The number of piperidine rings is 1. The van der Waals surface area contributed by atoms with Crippen LogP contribution < -0.4 is 0 Å². The summed E-state index contributed by atoms with van der Waals surface area (Å²) in [6, 6.07) is 3.83. The van der Waals surface area contributed by atoms with Gasteiger partial charge in [0.05, 0.1) is 11.7 Å². The maximum Gasteiger partial charge on any atom is 0.257 e. The second-order valence-electron chi connectivity index (χ2n) is 4.25. The van der Waals surface area contributed by atoms with Gasteiger partial charge in [0.2, 0.25) is 0 Å². The maximum atomic E-state index is 12.1. The molecule has 1 saturated heterocycles. The van der Waals surface area contributed by atoms with E-state index in [9.17, 15) is 20.1 Å². The Balaban J connectivity index is 2.21. The van der Waals surface area contributed by atoms with Gasteiger partial charge >= 0.3 is 0 Å². The van der Waals surface area contributed by atoms with Gasteiger partial charge in [-0.25, -0.2) is 0 Å². The van der Waals surface area contributed by atoms with Crippen molar-refractivity contribution in [3.05, 3.63) is 23.8 Å². The summed E-state index contributed by atoms with van der Waals surface area (Å²) in [5.74, 6) is -0.589. The number of phenolic OH excluding ortho intramolecular Hbond substituents is 2. The third kappa shape index (κ3) is 2.50. The van der Waals surface area contributed by atoms with Crippen molar-refractivity contribution in [1.82, 2.24) is 4.90 Å². The molecule has 1 heterocycles. The molecule has 3 N–H and O–H groups in total. The lowest BCUT2D eigenvalue weighted by atomic mass is 10.1. The first kappa shape index (κ1) is 11.7. The zero-order valence-corrected chi connectivity index (χ0v) is 9.33. The van der Waals surface area contributed by atoms with Crippen LogP contribution in [-0.4, -0.2) is 45.3 Å². The van der Waals surface area contributed by atoms with Gasteiger partial charge in [-0.15, -0.1) is 0 Å². The first-order valence-corrected chi connectivity index (χ1v) is 5.57. The van der Waals surface area contributed by atoms with Gasteiger partial charge in [0.25, 0.3) is 5.91 Å². The first-order valence-electron chi connectivity index (χ1n) is 5.57. The molecule has 1 atom stereocenters. The van der Waals surface area contributed by atoms with Crippen LogP contribution in [0.25, 0.3) is 0 Å². The summed E-state index contributed by atoms with van der Waals surface area (Å²) in [7, 11) is 0. The number of carbonyl (C=O) groups is 1. The molecule has 5 nitrogen and oxygen atoms in total. The normalized spacial score (nSPS) is 20.3. The Morgan fingerprint density at radius 3 is 2.82 bits per heavy atom. The van der Waals surface area contributed by atoms with Crippen LogP contribution in [0.4, 0.5) is 0 Å². The smallest absolute Gasteiger partial charge is 0.257 e. The van der Waals surface area contributed by atoms with Gasteiger partial charge in [-0.1, -0.05) is 0 Å². The fourth-order valence-electron chi connectivity index (χ4n) is 2.00. The monoisotopic (exact) mass is 237 g/mol. The van der Waals surface area contributed by atoms with E-state index in [1.54, 1.807) is 0 Å². The van der Waals surface area contributed by atoms with Gasteiger partial charge in [0.15, 0.2) is 0 Å². The summed E-state index contributed by atoms with van der Waals surface area (Å²) in [6.45, 7) is 0.832. The van der Waals surface area contributed by atoms with Crippen LogP contribution in [0.1, 0.15) is 23.2 Å². The molecule has 1 amide bonds. The number of β-amino-alcohol motifs (C(OH)–C–C–N with tert-alkyl or cyclic N) is 1. The Kier molecular flexibility index (Phi) is 3.19. The van der Waals surface area contributed by atoms with E-state index in [2.05, 4.69) is 0 Å². The molecule has 1 aromatic carbocycles. The molecule has 0 saturated carbocycles. The van der Waals surface area contributed by atoms with Gasteiger partial charge in [-0.3, -0.25) is 4.79 Å². The molecule has 1 unspecified atom stereocenters. The largest absolute Gasteiger partial charge is 0.508 e. The van der Waals surface area contributed by atoms with Crippen LogP contribution in [0.5, 0.6) is 11.5 Å². The zero-order chi connectivity index (χ0) is 12.4. The van der Waals surface area contributed by atoms with Crippen molar-refractivity contribution in [2.24, 2.45) is 0 Å². The predicted molar refractivity (Wildman–Crippen MR) is 60.9 cm³/mol. The van der Waals surface area contributed by atoms with Crippen LogP contribution >= 0.6 is 0 Å². The Morgan fingerprint density at radius 2 is 2.12 bits per heavy atom. The topological polar surface area (TPSA) is 81.0 Å². The number of phenols is 2. The van der Waals surface area contributed by atoms with E-state index in [1.807, 2.05) is 0 Å². The molecule has 0 bridgehead atoms. The highest BCUT2D eigenvalue weighted by atomic mass is 16.3. The lowest BCUT2D eigenvalue weighted by molar-refractivity contribution is 0.0471. The number of carbonyl (C=O) groups excluding carboxylic acids is 1. The van der Waals surface area contributed by atoms with Crippen LogP contribution in [-0.2, 0) is 0 Å². The van der Waals surface area contributed by atoms with Crippen LogP contribution in [0, 0.1) is 0 Å². The number of aliphatic hydroxyl groups is 1. The lowest BCUT2D eigenvalue weighted by Crippen LogP contribution is -2.42. The SMILES string of the molecule is O=C(c1cc(O)ccc1O)N1CCCC(O)C1. The van der Waals surface area contributed by atoms with Crippen molar-refractivity contribution < 1.29 is 20.1 Å². The number of hydrogen-bond acceptors (Lipinski definition) is 4. The van der Waals surface area contributed by atoms with E-state index in [4.69, 9.17) is 0 Å². The van der Waals surface area contributed by atoms with E-state index in [0.717, 1.165) is 6.42 Å². The van der Waals surface area contributed by atoms with Crippen LogP contribution in [0.3, 0.4) is 0 Å². The summed E-state index contributed by atoms with van der Waals surface area (Å²) in [6.07, 6.45) is 0.926. The highest BCUT2D eigenvalue weighted by Crippen LogP contribution is 2.24. The van der Waals surface area contributed by atoms with Crippen molar-refractivity contribution in [3.63, 3.8) is 0 Å². The zero-order valence-electron chi connectivity index (χ0n) is 9.33. The Hall–Kier alpha value is -1.75. The van der Waals surface area contributed by atoms with Gasteiger partial charge < -0.3 is 20.2 Å². The van der Waals surface area contributed by atoms with E-state index >= 15 is 0 Å². The molecule has 0 aliphatic carbocycles. The van der Waals surface area contributed by atoms with E-state index < -0.39 is 6.10 Å². The minimum Gasteiger partial charge on any atom is -0.508 e. The molecular weight excluding hydrogens is 222 g/mol. The number of nitrogens with zero attached hydrogens (tertiary/aromatic N) is 1. The van der Waals surface area contributed by atoms with Crippen molar-refractivity contribution in [2.75, 3.05) is 13.1 Å². The molecule has 1 aliphatic rings. The second kappa shape index (κ2) is 4.63. The number of likely N-dealkylation sites (tertiary alicyclic amines) is 1. The average molecular weight is 237 g/mol. The predicted octanol–water partition coefficient (Wildman–Crippen LogP) is 0.695. The number of hydrogen-bond donors (Lipinski definition) is 3. The third-order valence-corrected chi connectivity index (χ3v) is 2.89. The number of aromatic hydroxyl groups is 2. The summed E-state index contributed by atoms with van der Waals surface area (Å²) in [5, 5.41) is 28.4. The van der Waals surface area contributed by atoms with E-state index in [-0.39, 0.29) is 29.5 Å². The van der Waals surface area contributed by atoms with E-state index in [0.29, 0.717) is 13.0 Å². The Labute approximate surface area is 98.9 Å². The molecule has 1 aliphatic heterocycles. The molecule has 0 radical (unpaired) electrons. The fraction of sp³-hybridized carbons (Fsp3) is 0.417. The van der Waals surface area contributed by atoms with Gasteiger partial charge in [-0.05, 0) is 31.0 Å². The molecule has 92 valence electrons.